The number of carbonyl (C=O) groups is 1. The van der Waals surface area contributed by atoms with Gasteiger partial charge in [0.15, 0.2) is 0 Å². The molecule has 0 aromatic heterocycles. The summed E-state index contributed by atoms with van der Waals surface area (Å²) < 4.78 is 0. The minimum atomic E-state index is 0.0439. The van der Waals surface area contributed by atoms with Gasteiger partial charge >= 0.3 is 0 Å². The molecule has 0 aromatic rings. The van der Waals surface area contributed by atoms with E-state index in [-0.39, 0.29) is 18.6 Å². The minimum Gasteiger partial charge on any atom is -0.394 e. The lowest BCUT2D eigenvalue weighted by Gasteiger charge is -2.23. The second-order valence-corrected chi connectivity index (χ2v) is 3.45. The Balaban J connectivity index is 2.65. The van der Waals surface area contributed by atoms with Gasteiger partial charge < -0.3 is 10.0 Å². The highest BCUT2D eigenvalue weighted by molar-refractivity contribution is 5.93. The molecule has 1 saturated heterocycles. The summed E-state index contributed by atoms with van der Waals surface area (Å²) in [6, 6.07) is 0.0439. The van der Waals surface area contributed by atoms with Gasteiger partial charge in [-0.25, -0.2) is 0 Å². The quantitative estimate of drug-likeness (QED) is 0.647. The molecule has 0 unspecified atom stereocenters. The van der Waals surface area contributed by atoms with Gasteiger partial charge in [-0.1, -0.05) is 6.08 Å². The lowest BCUT2D eigenvalue weighted by Crippen LogP contribution is -2.38. The first kappa shape index (κ1) is 10.3. The maximum absolute atomic E-state index is 11.7. The monoisotopic (exact) mass is 183 g/mol. The van der Waals surface area contributed by atoms with Crippen molar-refractivity contribution in [2.75, 3.05) is 13.2 Å². The molecule has 0 saturated carbocycles. The predicted octanol–water partition coefficient (Wildman–Crippen LogP) is 0.936. The predicted molar refractivity (Wildman–Crippen MR) is 51.3 cm³/mol. The molecule has 1 aliphatic heterocycles. The van der Waals surface area contributed by atoms with E-state index in [1.807, 2.05) is 19.9 Å². The van der Waals surface area contributed by atoms with Crippen molar-refractivity contribution in [2.24, 2.45) is 0 Å². The van der Waals surface area contributed by atoms with Crippen molar-refractivity contribution >= 4 is 5.91 Å². The summed E-state index contributed by atoms with van der Waals surface area (Å²) in [7, 11) is 0. The van der Waals surface area contributed by atoms with Crippen molar-refractivity contribution in [3.63, 3.8) is 0 Å². The van der Waals surface area contributed by atoms with Crippen LogP contribution in [-0.4, -0.2) is 35.1 Å². The number of hydrogen-bond acceptors (Lipinski definition) is 2. The van der Waals surface area contributed by atoms with Crippen molar-refractivity contribution < 1.29 is 9.90 Å². The standard InChI is InChI=1S/C10H17NO2/c1-3-8(2)10(13)11-6-4-5-9(11)7-12/h3,9,12H,4-7H2,1-2H3/b8-3-/t9-/m1/s1. The lowest BCUT2D eigenvalue weighted by molar-refractivity contribution is -0.128. The van der Waals surface area contributed by atoms with E-state index in [0.29, 0.717) is 0 Å². The van der Waals surface area contributed by atoms with Crippen LogP contribution in [0.3, 0.4) is 0 Å². The van der Waals surface area contributed by atoms with Crippen LogP contribution in [0.1, 0.15) is 26.7 Å². The van der Waals surface area contributed by atoms with Gasteiger partial charge in [0, 0.05) is 12.1 Å². The van der Waals surface area contributed by atoms with Gasteiger partial charge in [-0.15, -0.1) is 0 Å². The molecule has 1 heterocycles. The third-order valence-electron chi connectivity index (χ3n) is 2.62. The molecule has 1 fully saturated rings. The average Bonchev–Trinajstić information content (AvgIpc) is 2.62. The van der Waals surface area contributed by atoms with E-state index >= 15 is 0 Å². The van der Waals surface area contributed by atoms with Crippen LogP contribution < -0.4 is 0 Å². The fourth-order valence-electron chi connectivity index (χ4n) is 1.64. The Morgan fingerprint density at radius 2 is 2.38 bits per heavy atom. The first-order chi connectivity index (χ1) is 6.20. The molecule has 0 aromatic carbocycles. The fourth-order valence-corrected chi connectivity index (χ4v) is 1.64. The van der Waals surface area contributed by atoms with Gasteiger partial charge in [0.1, 0.15) is 0 Å². The van der Waals surface area contributed by atoms with Crippen LogP contribution in [0.4, 0.5) is 0 Å². The molecular formula is C10H17NO2. The van der Waals surface area contributed by atoms with Crippen LogP contribution in [0, 0.1) is 0 Å². The number of hydrogen-bond donors (Lipinski definition) is 1. The second-order valence-electron chi connectivity index (χ2n) is 3.45. The van der Waals surface area contributed by atoms with Gasteiger partial charge in [-0.2, -0.15) is 0 Å². The topological polar surface area (TPSA) is 40.5 Å². The number of amides is 1. The van der Waals surface area contributed by atoms with E-state index < -0.39 is 0 Å². The van der Waals surface area contributed by atoms with E-state index in [2.05, 4.69) is 0 Å². The third-order valence-corrected chi connectivity index (χ3v) is 2.62. The number of carbonyl (C=O) groups excluding carboxylic acids is 1. The maximum Gasteiger partial charge on any atom is 0.249 e. The Morgan fingerprint density at radius 1 is 1.69 bits per heavy atom. The van der Waals surface area contributed by atoms with Gasteiger partial charge in [-0.05, 0) is 26.7 Å². The van der Waals surface area contributed by atoms with Crippen LogP contribution >= 0.6 is 0 Å². The molecule has 0 bridgehead atoms. The molecule has 1 aliphatic rings. The number of allylic oxidation sites excluding steroid dienone is 1. The first-order valence-electron chi connectivity index (χ1n) is 4.75. The highest BCUT2D eigenvalue weighted by Crippen LogP contribution is 2.18. The molecule has 0 radical (unpaired) electrons. The fraction of sp³-hybridized carbons (Fsp3) is 0.700. The van der Waals surface area contributed by atoms with E-state index in [4.69, 9.17) is 5.11 Å². The number of rotatable bonds is 2. The molecule has 1 N–H and O–H groups in total. The van der Waals surface area contributed by atoms with Gasteiger partial charge in [0.25, 0.3) is 0 Å². The number of nitrogens with zero attached hydrogens (tertiary/aromatic N) is 1. The molecule has 0 spiro atoms. The SMILES string of the molecule is C/C=C(/C)C(=O)N1CCC[C@@H]1CO. The Labute approximate surface area is 79.0 Å². The summed E-state index contributed by atoms with van der Waals surface area (Å²) in [6.45, 7) is 4.55. The Morgan fingerprint density at radius 3 is 2.92 bits per heavy atom. The number of likely N-dealkylation sites (tertiary alicyclic amines) is 1. The van der Waals surface area contributed by atoms with Crippen LogP contribution in [0.15, 0.2) is 11.6 Å². The molecule has 0 aliphatic carbocycles. The Bertz CT molecular complexity index is 223. The summed E-state index contributed by atoms with van der Waals surface area (Å²) in [6.07, 6.45) is 3.75. The van der Waals surface area contributed by atoms with Crippen LogP contribution in [0.5, 0.6) is 0 Å². The van der Waals surface area contributed by atoms with E-state index in [1.54, 1.807) is 4.90 Å². The summed E-state index contributed by atoms with van der Waals surface area (Å²) in [5.74, 6) is 0.0686. The maximum atomic E-state index is 11.7. The van der Waals surface area contributed by atoms with Crippen molar-refractivity contribution in [2.45, 2.75) is 32.7 Å². The molecular weight excluding hydrogens is 166 g/mol. The van der Waals surface area contributed by atoms with E-state index in [9.17, 15) is 4.79 Å². The smallest absolute Gasteiger partial charge is 0.249 e. The number of aliphatic hydroxyl groups is 1. The van der Waals surface area contributed by atoms with Gasteiger partial charge in [-0.3, -0.25) is 4.79 Å². The van der Waals surface area contributed by atoms with Crippen LogP contribution in [0.25, 0.3) is 0 Å². The van der Waals surface area contributed by atoms with Crippen molar-refractivity contribution in [1.82, 2.24) is 4.90 Å². The normalized spacial score (nSPS) is 23.8. The van der Waals surface area contributed by atoms with E-state index in [0.717, 1.165) is 25.0 Å². The molecule has 1 amide bonds. The molecule has 74 valence electrons. The summed E-state index contributed by atoms with van der Waals surface area (Å²) >= 11 is 0. The summed E-state index contributed by atoms with van der Waals surface area (Å²) in [5, 5.41) is 9.03. The van der Waals surface area contributed by atoms with Crippen molar-refractivity contribution in [3.05, 3.63) is 11.6 Å². The zero-order valence-corrected chi connectivity index (χ0v) is 8.29. The zero-order chi connectivity index (χ0) is 9.84. The second kappa shape index (κ2) is 4.42. The molecule has 3 nitrogen and oxygen atoms in total. The lowest BCUT2D eigenvalue weighted by atomic mass is 10.2. The third kappa shape index (κ3) is 2.10. The van der Waals surface area contributed by atoms with Gasteiger partial charge in [0.2, 0.25) is 5.91 Å². The number of aliphatic hydroxyl groups excluding tert-OH is 1. The highest BCUT2D eigenvalue weighted by atomic mass is 16.3. The summed E-state index contributed by atoms with van der Waals surface area (Å²) in [4.78, 5) is 13.5. The molecule has 1 rings (SSSR count). The molecule has 3 heteroatoms. The van der Waals surface area contributed by atoms with Crippen LogP contribution in [-0.2, 0) is 4.79 Å². The first-order valence-corrected chi connectivity index (χ1v) is 4.75. The molecule has 13 heavy (non-hydrogen) atoms. The van der Waals surface area contributed by atoms with Crippen molar-refractivity contribution in [1.29, 1.82) is 0 Å². The van der Waals surface area contributed by atoms with E-state index in [1.165, 1.54) is 0 Å². The van der Waals surface area contributed by atoms with Crippen molar-refractivity contribution in [3.8, 4) is 0 Å². The largest absolute Gasteiger partial charge is 0.394 e. The minimum absolute atomic E-state index is 0.0439. The zero-order valence-electron chi connectivity index (χ0n) is 8.29. The highest BCUT2D eigenvalue weighted by Gasteiger charge is 2.28. The van der Waals surface area contributed by atoms with Crippen LogP contribution in [0.2, 0.25) is 0 Å². The van der Waals surface area contributed by atoms with Gasteiger partial charge in [0.05, 0.1) is 12.6 Å². The average molecular weight is 183 g/mol. The summed E-state index contributed by atoms with van der Waals surface area (Å²) in [5.41, 5.74) is 0.764. The molecule has 1 atom stereocenters. The Kier molecular flexibility index (Phi) is 3.48. The Hall–Kier alpha value is -0.830.